The Morgan fingerprint density at radius 1 is 1.07 bits per heavy atom. The molecule has 0 saturated carbocycles. The molecule has 3 aromatic rings. The highest BCUT2D eigenvalue weighted by Gasteiger charge is 2.63. The van der Waals surface area contributed by atoms with Gasteiger partial charge in [-0.15, -0.1) is 0 Å². The van der Waals surface area contributed by atoms with E-state index in [-0.39, 0.29) is 23.8 Å². The van der Waals surface area contributed by atoms with Gasteiger partial charge in [0.15, 0.2) is 0 Å². The molecule has 2 aliphatic heterocycles. The van der Waals surface area contributed by atoms with E-state index in [4.69, 9.17) is 23.2 Å². The third-order valence-electron chi connectivity index (χ3n) is 8.35. The number of halogens is 3. The molecule has 0 radical (unpaired) electrons. The lowest BCUT2D eigenvalue weighted by atomic mass is 9.56. The van der Waals surface area contributed by atoms with Crippen LogP contribution in [0, 0.1) is 17.7 Å². The molecule has 3 aromatic carbocycles. The van der Waals surface area contributed by atoms with Gasteiger partial charge in [-0.3, -0.25) is 4.79 Å². The summed E-state index contributed by atoms with van der Waals surface area (Å²) in [4.78, 5) is 30.0. The maximum atomic E-state index is 14.8. The number of benzene rings is 3. The van der Waals surface area contributed by atoms with Gasteiger partial charge in [-0.05, 0) is 71.7 Å². The van der Waals surface area contributed by atoms with E-state index in [0.717, 1.165) is 11.1 Å². The zero-order valence-corrected chi connectivity index (χ0v) is 23.1. The van der Waals surface area contributed by atoms with Crippen LogP contribution in [0.3, 0.4) is 0 Å². The van der Waals surface area contributed by atoms with Crippen LogP contribution in [0.4, 0.5) is 14.9 Å². The SMILES string of the molecule is O=C(NCc1ccccc1)N1CC[C@@H](C2C=CC=C(Cl)C2)[C@]2(C(=O)Nc3cc(Cl)ccc32)[C@H]1c1cccc(F)c1. The monoisotopic (exact) mass is 575 g/mol. The van der Waals surface area contributed by atoms with Crippen molar-refractivity contribution in [1.29, 1.82) is 0 Å². The zero-order chi connectivity index (χ0) is 27.9. The Balaban J connectivity index is 1.51. The molecular weight excluding hydrogens is 548 g/mol. The summed E-state index contributed by atoms with van der Waals surface area (Å²) in [5.41, 5.74) is 1.66. The minimum atomic E-state index is -1.21. The van der Waals surface area contributed by atoms with Crippen molar-refractivity contribution in [3.8, 4) is 0 Å². The number of piperidine rings is 1. The number of hydrogen-bond acceptors (Lipinski definition) is 2. The first-order chi connectivity index (χ1) is 19.4. The molecule has 8 heteroatoms. The molecule has 1 fully saturated rings. The fraction of sp³-hybridized carbons (Fsp3) is 0.250. The zero-order valence-electron chi connectivity index (χ0n) is 21.6. The van der Waals surface area contributed by atoms with Gasteiger partial charge in [0.25, 0.3) is 0 Å². The summed E-state index contributed by atoms with van der Waals surface area (Å²) in [5, 5.41) is 7.30. The molecule has 6 rings (SSSR count). The Morgan fingerprint density at radius 3 is 2.67 bits per heavy atom. The molecular formula is C32H28Cl2FN3O2. The molecule has 4 atom stereocenters. The first-order valence-corrected chi connectivity index (χ1v) is 14.1. The van der Waals surface area contributed by atoms with Gasteiger partial charge in [-0.1, -0.05) is 83.9 Å². The quantitative estimate of drug-likeness (QED) is 0.342. The van der Waals surface area contributed by atoms with E-state index in [1.165, 1.54) is 12.1 Å². The van der Waals surface area contributed by atoms with Gasteiger partial charge in [-0.25, -0.2) is 9.18 Å². The number of rotatable bonds is 4. The van der Waals surface area contributed by atoms with Crippen LogP contribution in [0.5, 0.6) is 0 Å². The molecule has 5 nitrogen and oxygen atoms in total. The van der Waals surface area contributed by atoms with Crippen LogP contribution in [0.1, 0.15) is 35.6 Å². The second-order valence-corrected chi connectivity index (χ2v) is 11.5. The van der Waals surface area contributed by atoms with Gasteiger partial charge in [0.1, 0.15) is 11.2 Å². The predicted molar refractivity (Wildman–Crippen MR) is 156 cm³/mol. The number of amides is 3. The Hall–Kier alpha value is -3.61. The Bertz CT molecular complexity index is 1530. The molecule has 40 heavy (non-hydrogen) atoms. The largest absolute Gasteiger partial charge is 0.334 e. The standard InChI is InChI=1S/C32H28Cl2FN3O2/c33-23-10-4-8-21(16-23)26-14-15-38(31(40)36-19-20-6-2-1-3-7-20)29(22-9-5-11-25(35)17-22)32(26)27-13-12-24(34)18-28(27)37-30(32)39/h1-13,17-18,21,26,29H,14-16,19H2,(H,36,40)(H,37,39)/t21?,26-,29+,32+/m0/s1. The molecule has 3 aliphatic rings. The van der Waals surface area contributed by atoms with Crippen molar-refractivity contribution in [3.05, 3.63) is 124 Å². The summed E-state index contributed by atoms with van der Waals surface area (Å²) < 4.78 is 14.8. The van der Waals surface area contributed by atoms with Crippen molar-refractivity contribution in [1.82, 2.24) is 10.2 Å². The second-order valence-electron chi connectivity index (χ2n) is 10.6. The highest BCUT2D eigenvalue weighted by molar-refractivity contribution is 6.31. The van der Waals surface area contributed by atoms with Crippen LogP contribution in [0.15, 0.2) is 96.1 Å². The smallest absolute Gasteiger partial charge is 0.318 e. The summed E-state index contributed by atoms with van der Waals surface area (Å²) in [6.07, 6.45) is 7.02. The van der Waals surface area contributed by atoms with Gasteiger partial charge in [0, 0.05) is 28.8 Å². The number of carbonyl (C=O) groups excluding carboxylic acids is 2. The number of fused-ring (bicyclic) bond motifs is 2. The molecule has 2 heterocycles. The highest BCUT2D eigenvalue weighted by atomic mass is 35.5. The lowest BCUT2D eigenvalue weighted by molar-refractivity contribution is -0.129. The molecule has 0 bridgehead atoms. The highest BCUT2D eigenvalue weighted by Crippen LogP contribution is 2.59. The lowest BCUT2D eigenvalue weighted by Gasteiger charge is -2.53. The van der Waals surface area contributed by atoms with Crippen LogP contribution in [0.2, 0.25) is 5.02 Å². The van der Waals surface area contributed by atoms with E-state index in [9.17, 15) is 14.0 Å². The maximum Gasteiger partial charge on any atom is 0.318 e. The molecule has 3 amide bonds. The molecule has 0 aromatic heterocycles. The van der Waals surface area contributed by atoms with Gasteiger partial charge < -0.3 is 15.5 Å². The number of allylic oxidation sites excluding steroid dienone is 4. The predicted octanol–water partition coefficient (Wildman–Crippen LogP) is 7.34. The summed E-state index contributed by atoms with van der Waals surface area (Å²) in [7, 11) is 0. The number of urea groups is 1. The van der Waals surface area contributed by atoms with E-state index >= 15 is 0 Å². The number of carbonyl (C=O) groups is 2. The normalized spacial score (nSPS) is 25.4. The van der Waals surface area contributed by atoms with Gasteiger partial charge >= 0.3 is 6.03 Å². The number of hydrogen-bond donors (Lipinski definition) is 2. The third-order valence-corrected chi connectivity index (χ3v) is 8.87. The van der Waals surface area contributed by atoms with E-state index in [2.05, 4.69) is 16.7 Å². The van der Waals surface area contributed by atoms with E-state index < -0.39 is 17.3 Å². The molecule has 204 valence electrons. The van der Waals surface area contributed by atoms with Gasteiger partial charge in [0.2, 0.25) is 5.91 Å². The Kier molecular flexibility index (Phi) is 7.15. The van der Waals surface area contributed by atoms with Crippen molar-refractivity contribution < 1.29 is 14.0 Å². The number of likely N-dealkylation sites (tertiary alicyclic amines) is 1. The van der Waals surface area contributed by atoms with Crippen LogP contribution in [-0.2, 0) is 16.8 Å². The number of anilines is 1. The fourth-order valence-corrected chi connectivity index (χ4v) is 7.18. The molecule has 2 N–H and O–H groups in total. The van der Waals surface area contributed by atoms with E-state index in [1.807, 2.05) is 48.6 Å². The first-order valence-electron chi connectivity index (χ1n) is 13.4. The molecule has 1 saturated heterocycles. The average molecular weight is 576 g/mol. The van der Waals surface area contributed by atoms with Crippen LogP contribution in [0.25, 0.3) is 0 Å². The molecule has 1 unspecified atom stereocenters. The van der Waals surface area contributed by atoms with Gasteiger partial charge in [-0.2, -0.15) is 0 Å². The van der Waals surface area contributed by atoms with Crippen molar-refractivity contribution in [2.45, 2.75) is 30.8 Å². The molecule has 1 aliphatic carbocycles. The minimum absolute atomic E-state index is 0.0598. The fourth-order valence-electron chi connectivity index (χ4n) is 6.76. The minimum Gasteiger partial charge on any atom is -0.334 e. The van der Waals surface area contributed by atoms with Crippen LogP contribution < -0.4 is 10.6 Å². The molecule has 1 spiro atoms. The maximum absolute atomic E-state index is 14.8. The van der Waals surface area contributed by atoms with Crippen LogP contribution >= 0.6 is 23.2 Å². The lowest BCUT2D eigenvalue weighted by Crippen LogP contribution is -2.61. The first kappa shape index (κ1) is 26.6. The third kappa shape index (κ3) is 4.59. The van der Waals surface area contributed by atoms with Crippen molar-refractivity contribution in [3.63, 3.8) is 0 Å². The van der Waals surface area contributed by atoms with Crippen molar-refractivity contribution in [2.24, 2.45) is 11.8 Å². The summed E-state index contributed by atoms with van der Waals surface area (Å²) in [6.45, 7) is 0.711. The van der Waals surface area contributed by atoms with Gasteiger partial charge in [0.05, 0.1) is 6.04 Å². The van der Waals surface area contributed by atoms with Crippen LogP contribution in [-0.4, -0.2) is 23.4 Å². The summed E-state index contributed by atoms with van der Waals surface area (Å²) in [5.74, 6) is -0.947. The van der Waals surface area contributed by atoms with E-state index in [1.54, 1.807) is 29.2 Å². The number of nitrogens with one attached hydrogen (secondary N) is 2. The van der Waals surface area contributed by atoms with Crippen molar-refractivity contribution in [2.75, 3.05) is 11.9 Å². The average Bonchev–Trinajstić information content (AvgIpc) is 3.22. The summed E-state index contributed by atoms with van der Waals surface area (Å²) in [6, 6.07) is 20.1. The van der Waals surface area contributed by atoms with E-state index in [0.29, 0.717) is 47.2 Å². The Labute approximate surface area is 242 Å². The number of nitrogens with zero attached hydrogens (tertiary/aromatic N) is 1. The van der Waals surface area contributed by atoms with Crippen molar-refractivity contribution >= 4 is 40.8 Å². The second kappa shape index (κ2) is 10.8. The Morgan fingerprint density at radius 2 is 1.90 bits per heavy atom. The topological polar surface area (TPSA) is 61.4 Å². The summed E-state index contributed by atoms with van der Waals surface area (Å²) >= 11 is 12.8.